The molecule has 0 N–H and O–H groups in total. The van der Waals surface area contributed by atoms with E-state index in [0.29, 0.717) is 32.3 Å². The number of halogens is 4. The van der Waals surface area contributed by atoms with Gasteiger partial charge in [-0.1, -0.05) is 39.1 Å². The summed E-state index contributed by atoms with van der Waals surface area (Å²) < 4.78 is 18.9. The zero-order chi connectivity index (χ0) is 15.4. The fourth-order valence-electron chi connectivity index (χ4n) is 1.82. The molecule has 0 aliphatic rings. The normalized spacial score (nSPS) is 10.2. The smallest absolute Gasteiger partial charge is 0.142 e. The minimum Gasteiger partial charge on any atom is -0.487 e. The van der Waals surface area contributed by atoms with Crippen LogP contribution in [0.1, 0.15) is 16.7 Å². The molecule has 21 heavy (non-hydrogen) atoms. The summed E-state index contributed by atoms with van der Waals surface area (Å²) in [6.07, 6.45) is 0. The van der Waals surface area contributed by atoms with Gasteiger partial charge in [-0.25, -0.2) is 4.39 Å². The Bertz CT molecular complexity index is 716. The fourth-order valence-corrected chi connectivity index (χ4v) is 2.82. The van der Waals surface area contributed by atoms with E-state index >= 15 is 0 Å². The van der Waals surface area contributed by atoms with Gasteiger partial charge >= 0.3 is 0 Å². The van der Waals surface area contributed by atoms with Crippen LogP contribution in [0.3, 0.4) is 0 Å². The predicted molar refractivity (Wildman–Crippen MR) is 84.5 cm³/mol. The van der Waals surface area contributed by atoms with E-state index in [2.05, 4.69) is 15.9 Å². The molecule has 0 radical (unpaired) electrons. The zero-order valence-corrected chi connectivity index (χ0v) is 13.8. The highest BCUT2D eigenvalue weighted by atomic mass is 79.9. The van der Waals surface area contributed by atoms with Crippen LogP contribution in [0, 0.1) is 17.1 Å². The van der Waals surface area contributed by atoms with Gasteiger partial charge in [0.1, 0.15) is 18.2 Å². The lowest BCUT2D eigenvalue weighted by Crippen LogP contribution is -2.01. The van der Waals surface area contributed by atoms with Crippen LogP contribution in [0.15, 0.2) is 30.3 Å². The van der Waals surface area contributed by atoms with E-state index in [1.807, 2.05) is 6.07 Å². The van der Waals surface area contributed by atoms with Gasteiger partial charge in [0.15, 0.2) is 0 Å². The molecule has 108 valence electrons. The molecule has 2 rings (SSSR count). The van der Waals surface area contributed by atoms with E-state index in [0.717, 1.165) is 5.56 Å². The van der Waals surface area contributed by atoms with Crippen molar-refractivity contribution in [2.45, 2.75) is 11.9 Å². The summed E-state index contributed by atoms with van der Waals surface area (Å²) in [5, 5.41) is 10.4. The molecule has 0 fully saturated rings. The second-order valence-electron chi connectivity index (χ2n) is 4.21. The summed E-state index contributed by atoms with van der Waals surface area (Å²) in [5.74, 6) is 0.0432. The SMILES string of the molecule is N#Cc1ccc(F)cc1COc1c(Cl)cc(Cl)cc1CBr. The maximum atomic E-state index is 13.3. The van der Waals surface area contributed by atoms with Crippen molar-refractivity contribution in [2.75, 3.05) is 0 Å². The highest BCUT2D eigenvalue weighted by Crippen LogP contribution is 2.34. The number of nitrogens with zero attached hydrogens (tertiary/aromatic N) is 1. The molecule has 0 atom stereocenters. The number of hydrogen-bond acceptors (Lipinski definition) is 2. The number of rotatable bonds is 4. The van der Waals surface area contributed by atoms with Crippen molar-refractivity contribution in [1.29, 1.82) is 5.26 Å². The molecule has 0 bridgehead atoms. The van der Waals surface area contributed by atoms with Gasteiger partial charge in [-0.2, -0.15) is 5.26 Å². The Balaban J connectivity index is 2.29. The summed E-state index contributed by atoms with van der Waals surface area (Å²) in [4.78, 5) is 0. The van der Waals surface area contributed by atoms with Gasteiger partial charge in [0.05, 0.1) is 16.7 Å². The van der Waals surface area contributed by atoms with Crippen LogP contribution in [-0.2, 0) is 11.9 Å². The predicted octanol–water partition coefficient (Wildman–Crippen LogP) is 5.48. The third-order valence-corrected chi connectivity index (χ3v) is 3.89. The van der Waals surface area contributed by atoms with Gasteiger partial charge in [-0.05, 0) is 30.3 Å². The number of hydrogen-bond donors (Lipinski definition) is 0. The summed E-state index contributed by atoms with van der Waals surface area (Å²) in [6, 6.07) is 9.23. The second kappa shape index (κ2) is 7.13. The molecule has 2 aromatic carbocycles. The zero-order valence-electron chi connectivity index (χ0n) is 10.7. The van der Waals surface area contributed by atoms with Crippen molar-refractivity contribution in [1.82, 2.24) is 0 Å². The third kappa shape index (κ3) is 3.88. The molecule has 0 spiro atoms. The summed E-state index contributed by atoms with van der Waals surface area (Å²) in [7, 11) is 0. The van der Waals surface area contributed by atoms with E-state index in [-0.39, 0.29) is 6.61 Å². The number of alkyl halides is 1. The Morgan fingerprint density at radius 3 is 2.62 bits per heavy atom. The Hall–Kier alpha value is -1.28. The first-order valence-corrected chi connectivity index (χ1v) is 7.78. The van der Waals surface area contributed by atoms with E-state index in [4.69, 9.17) is 33.2 Å². The quantitative estimate of drug-likeness (QED) is 0.650. The summed E-state index contributed by atoms with van der Waals surface area (Å²) in [5.41, 5.74) is 1.60. The lowest BCUT2D eigenvalue weighted by Gasteiger charge is -2.13. The largest absolute Gasteiger partial charge is 0.487 e. The lowest BCUT2D eigenvalue weighted by atomic mass is 10.1. The molecule has 0 unspecified atom stereocenters. The van der Waals surface area contributed by atoms with Crippen LogP contribution in [-0.4, -0.2) is 0 Å². The number of ether oxygens (including phenoxy) is 1. The van der Waals surface area contributed by atoms with Crippen LogP contribution in [0.2, 0.25) is 10.0 Å². The summed E-state index contributed by atoms with van der Waals surface area (Å²) in [6.45, 7) is 0.0437. The molecule has 0 saturated carbocycles. The Labute approximate surface area is 140 Å². The molecule has 6 heteroatoms. The Kier molecular flexibility index (Phi) is 5.46. The summed E-state index contributed by atoms with van der Waals surface area (Å²) >= 11 is 15.4. The van der Waals surface area contributed by atoms with Crippen LogP contribution in [0.4, 0.5) is 4.39 Å². The average Bonchev–Trinajstić information content (AvgIpc) is 2.45. The van der Waals surface area contributed by atoms with Crippen molar-refractivity contribution in [2.24, 2.45) is 0 Å². The fraction of sp³-hybridized carbons (Fsp3) is 0.133. The van der Waals surface area contributed by atoms with Gasteiger partial charge in [0, 0.05) is 21.5 Å². The maximum absolute atomic E-state index is 13.3. The van der Waals surface area contributed by atoms with Crippen molar-refractivity contribution in [3.05, 3.63) is 62.9 Å². The standard InChI is InChI=1S/C15H9BrCl2FNO/c16-6-10-3-12(17)5-14(18)15(10)21-8-11-4-13(19)2-1-9(11)7-20/h1-5H,6,8H2. The minimum absolute atomic E-state index is 0.0437. The molecule has 2 aromatic rings. The molecule has 0 aromatic heterocycles. The first kappa shape index (κ1) is 16.1. The average molecular weight is 389 g/mol. The van der Waals surface area contributed by atoms with E-state index in [1.54, 1.807) is 12.1 Å². The molecular weight excluding hydrogens is 380 g/mol. The lowest BCUT2D eigenvalue weighted by molar-refractivity contribution is 0.303. The molecule has 0 amide bonds. The molecule has 0 aliphatic carbocycles. The second-order valence-corrected chi connectivity index (χ2v) is 5.62. The van der Waals surface area contributed by atoms with Crippen LogP contribution < -0.4 is 4.74 Å². The van der Waals surface area contributed by atoms with Crippen molar-refractivity contribution in [3.63, 3.8) is 0 Å². The number of benzene rings is 2. The Morgan fingerprint density at radius 2 is 1.95 bits per heavy atom. The molecule has 2 nitrogen and oxygen atoms in total. The topological polar surface area (TPSA) is 33.0 Å². The van der Waals surface area contributed by atoms with Gasteiger partial charge < -0.3 is 4.74 Å². The molecule has 0 heterocycles. The van der Waals surface area contributed by atoms with E-state index in [1.165, 1.54) is 18.2 Å². The molecule has 0 saturated heterocycles. The van der Waals surface area contributed by atoms with Crippen LogP contribution >= 0.6 is 39.1 Å². The highest BCUT2D eigenvalue weighted by molar-refractivity contribution is 9.08. The van der Waals surface area contributed by atoms with E-state index in [9.17, 15) is 4.39 Å². The maximum Gasteiger partial charge on any atom is 0.142 e. The van der Waals surface area contributed by atoms with Crippen molar-refractivity contribution in [3.8, 4) is 11.8 Å². The van der Waals surface area contributed by atoms with Crippen LogP contribution in [0.5, 0.6) is 5.75 Å². The first-order chi connectivity index (χ1) is 10.0. The first-order valence-electron chi connectivity index (χ1n) is 5.90. The molecule has 0 aliphatic heterocycles. The van der Waals surface area contributed by atoms with Crippen LogP contribution in [0.25, 0.3) is 0 Å². The van der Waals surface area contributed by atoms with E-state index < -0.39 is 5.82 Å². The minimum atomic E-state index is -0.421. The van der Waals surface area contributed by atoms with Gasteiger partial charge in [-0.3, -0.25) is 0 Å². The third-order valence-electron chi connectivity index (χ3n) is 2.79. The van der Waals surface area contributed by atoms with Crippen molar-refractivity contribution >= 4 is 39.1 Å². The van der Waals surface area contributed by atoms with Gasteiger partial charge in [0.2, 0.25) is 0 Å². The highest BCUT2D eigenvalue weighted by Gasteiger charge is 2.12. The Morgan fingerprint density at radius 1 is 1.19 bits per heavy atom. The monoisotopic (exact) mass is 387 g/mol. The van der Waals surface area contributed by atoms with Gasteiger partial charge in [0.25, 0.3) is 0 Å². The molecular formula is C15H9BrCl2FNO. The van der Waals surface area contributed by atoms with Gasteiger partial charge in [-0.15, -0.1) is 0 Å². The van der Waals surface area contributed by atoms with Crippen molar-refractivity contribution < 1.29 is 9.13 Å². The number of nitriles is 1.